The van der Waals surface area contributed by atoms with E-state index in [0.29, 0.717) is 0 Å². The van der Waals surface area contributed by atoms with Gasteiger partial charge in [-0.05, 0) is 6.92 Å². The van der Waals surface area contributed by atoms with Crippen molar-refractivity contribution in [2.24, 2.45) is 11.8 Å². The first kappa shape index (κ1) is 11.1. The summed E-state index contributed by atoms with van der Waals surface area (Å²) in [4.78, 5) is 11.1. The van der Waals surface area contributed by atoms with Crippen LogP contribution in [0.5, 0.6) is 0 Å². The second kappa shape index (κ2) is 3.00. The summed E-state index contributed by atoms with van der Waals surface area (Å²) < 4.78 is 42.1. The van der Waals surface area contributed by atoms with Crippen LogP contribution in [0.15, 0.2) is 12.7 Å². The van der Waals surface area contributed by atoms with Crippen LogP contribution in [0.1, 0.15) is 13.8 Å². The minimum Gasteiger partial charge on any atom is -0.449 e. The predicted molar refractivity (Wildman–Crippen MR) is 43.4 cm³/mol. The van der Waals surface area contributed by atoms with Crippen LogP contribution in [0.2, 0.25) is 0 Å². The molecule has 1 fully saturated rings. The van der Waals surface area contributed by atoms with Gasteiger partial charge in [-0.15, -0.1) is 6.58 Å². The number of ether oxygens (including phenoxy) is 1. The minimum atomic E-state index is -4.54. The van der Waals surface area contributed by atoms with Crippen molar-refractivity contribution in [2.45, 2.75) is 25.6 Å². The number of rotatable bonds is 1. The van der Waals surface area contributed by atoms with Crippen LogP contribution in [0.25, 0.3) is 0 Å². The second-order valence-electron chi connectivity index (χ2n) is 3.58. The molecule has 0 aromatic carbocycles. The number of halogens is 3. The molecule has 1 rings (SSSR count). The number of carbonyl (C=O) groups is 1. The smallest absolute Gasteiger partial charge is 0.428 e. The maximum Gasteiger partial charge on any atom is 0.428 e. The summed E-state index contributed by atoms with van der Waals surface area (Å²) in [5.41, 5.74) is -2.39. The molecule has 0 aliphatic carbocycles. The molecular formula is C9H11F3O2. The number of cyclic esters (lactones) is 1. The number of hydrogen-bond acceptors (Lipinski definition) is 2. The zero-order chi connectivity index (χ0) is 11.1. The van der Waals surface area contributed by atoms with Gasteiger partial charge in [-0.2, -0.15) is 13.2 Å². The lowest BCUT2D eigenvalue weighted by Gasteiger charge is -2.30. The molecule has 0 amide bonds. The van der Waals surface area contributed by atoms with E-state index < -0.39 is 29.6 Å². The molecule has 2 nitrogen and oxygen atoms in total. The van der Waals surface area contributed by atoms with Crippen molar-refractivity contribution in [3.63, 3.8) is 0 Å². The van der Waals surface area contributed by atoms with E-state index in [9.17, 15) is 18.0 Å². The highest BCUT2D eigenvalue weighted by atomic mass is 19.4. The van der Waals surface area contributed by atoms with Crippen molar-refractivity contribution in [3.8, 4) is 0 Å². The Kier molecular flexibility index (Phi) is 2.37. The fraction of sp³-hybridized carbons (Fsp3) is 0.667. The van der Waals surface area contributed by atoms with Gasteiger partial charge in [-0.1, -0.05) is 13.0 Å². The Labute approximate surface area is 79.7 Å². The van der Waals surface area contributed by atoms with Crippen molar-refractivity contribution in [1.82, 2.24) is 0 Å². The van der Waals surface area contributed by atoms with Gasteiger partial charge in [0.2, 0.25) is 5.60 Å². The highest BCUT2D eigenvalue weighted by Crippen LogP contribution is 2.47. The molecule has 0 aromatic heterocycles. The van der Waals surface area contributed by atoms with Crippen LogP contribution in [0.4, 0.5) is 13.2 Å². The Morgan fingerprint density at radius 2 is 2.07 bits per heavy atom. The van der Waals surface area contributed by atoms with Gasteiger partial charge in [0.05, 0.1) is 5.92 Å². The topological polar surface area (TPSA) is 26.3 Å². The van der Waals surface area contributed by atoms with E-state index in [4.69, 9.17) is 0 Å². The van der Waals surface area contributed by atoms with Crippen LogP contribution in [-0.4, -0.2) is 17.7 Å². The standard InChI is InChI=1S/C9H11F3O2/c1-4-6-5(2)8(3,9(10,11)12)14-7(6)13/h4-6H,1H2,2-3H3/t5-,6+,8+/m0/s1. The molecule has 14 heavy (non-hydrogen) atoms. The normalized spacial score (nSPS) is 38.2. The van der Waals surface area contributed by atoms with Gasteiger partial charge in [0.25, 0.3) is 0 Å². The van der Waals surface area contributed by atoms with Gasteiger partial charge in [0.15, 0.2) is 0 Å². The average Bonchev–Trinajstić information content (AvgIpc) is 2.23. The van der Waals surface area contributed by atoms with E-state index >= 15 is 0 Å². The molecule has 1 heterocycles. The molecule has 0 radical (unpaired) electrons. The molecule has 1 aliphatic heterocycles. The highest BCUT2D eigenvalue weighted by Gasteiger charge is 2.64. The summed E-state index contributed by atoms with van der Waals surface area (Å²) in [5, 5.41) is 0. The van der Waals surface area contributed by atoms with Crippen LogP contribution < -0.4 is 0 Å². The zero-order valence-corrected chi connectivity index (χ0v) is 7.89. The molecule has 0 aromatic rings. The molecule has 0 saturated carbocycles. The van der Waals surface area contributed by atoms with Crippen molar-refractivity contribution in [3.05, 3.63) is 12.7 Å². The number of hydrogen-bond donors (Lipinski definition) is 0. The Hall–Kier alpha value is -1.00. The third kappa shape index (κ3) is 1.31. The van der Waals surface area contributed by atoms with Gasteiger partial charge >= 0.3 is 12.1 Å². The molecule has 5 heteroatoms. The average molecular weight is 208 g/mol. The molecule has 0 unspecified atom stereocenters. The molecule has 3 atom stereocenters. The van der Waals surface area contributed by atoms with E-state index in [1.807, 2.05) is 0 Å². The number of alkyl halides is 3. The predicted octanol–water partition coefficient (Wildman–Crippen LogP) is 2.30. The summed E-state index contributed by atoms with van der Waals surface area (Å²) in [7, 11) is 0. The number of carbonyl (C=O) groups excluding carboxylic acids is 1. The largest absolute Gasteiger partial charge is 0.449 e. The summed E-state index contributed by atoms with van der Waals surface area (Å²) in [6, 6.07) is 0. The lowest BCUT2D eigenvalue weighted by atomic mass is 9.83. The van der Waals surface area contributed by atoms with Crippen molar-refractivity contribution in [1.29, 1.82) is 0 Å². The van der Waals surface area contributed by atoms with Crippen molar-refractivity contribution >= 4 is 5.97 Å². The van der Waals surface area contributed by atoms with E-state index in [0.717, 1.165) is 6.92 Å². The quantitative estimate of drug-likeness (QED) is 0.488. The molecular weight excluding hydrogens is 197 g/mol. The molecule has 0 spiro atoms. The first-order chi connectivity index (χ1) is 6.24. The minimum absolute atomic E-state index is 0.854. The van der Waals surface area contributed by atoms with E-state index in [2.05, 4.69) is 11.3 Å². The SMILES string of the molecule is C=C[C@H]1C(=O)O[C@@](C)(C(F)(F)F)[C@H]1C. The van der Waals surface area contributed by atoms with E-state index in [-0.39, 0.29) is 0 Å². The zero-order valence-electron chi connectivity index (χ0n) is 7.89. The van der Waals surface area contributed by atoms with E-state index in [1.165, 1.54) is 13.0 Å². The summed E-state index contributed by atoms with van der Waals surface area (Å²) in [6.45, 7) is 5.55. The Balaban J connectivity index is 3.06. The second-order valence-corrected chi connectivity index (χ2v) is 3.58. The first-order valence-electron chi connectivity index (χ1n) is 4.16. The summed E-state index contributed by atoms with van der Waals surface area (Å²) in [5.74, 6) is -2.67. The third-order valence-electron chi connectivity index (χ3n) is 2.81. The lowest BCUT2D eigenvalue weighted by Crippen LogP contribution is -2.46. The van der Waals surface area contributed by atoms with Gasteiger partial charge < -0.3 is 4.74 Å². The Morgan fingerprint density at radius 3 is 2.29 bits per heavy atom. The van der Waals surface area contributed by atoms with Crippen LogP contribution >= 0.6 is 0 Å². The van der Waals surface area contributed by atoms with Crippen LogP contribution in [0, 0.1) is 11.8 Å². The van der Waals surface area contributed by atoms with Gasteiger partial charge in [0.1, 0.15) is 0 Å². The summed E-state index contributed by atoms with van der Waals surface area (Å²) >= 11 is 0. The molecule has 0 N–H and O–H groups in total. The van der Waals surface area contributed by atoms with E-state index in [1.54, 1.807) is 0 Å². The Bertz CT molecular complexity index is 272. The fourth-order valence-electron chi connectivity index (χ4n) is 1.53. The van der Waals surface area contributed by atoms with Crippen molar-refractivity contribution in [2.75, 3.05) is 0 Å². The molecule has 0 bridgehead atoms. The lowest BCUT2D eigenvalue weighted by molar-refractivity contribution is -0.262. The Morgan fingerprint density at radius 1 is 1.57 bits per heavy atom. The molecule has 1 saturated heterocycles. The first-order valence-corrected chi connectivity index (χ1v) is 4.16. The third-order valence-corrected chi connectivity index (χ3v) is 2.81. The number of esters is 1. The van der Waals surface area contributed by atoms with Gasteiger partial charge in [0, 0.05) is 5.92 Å². The highest BCUT2D eigenvalue weighted by molar-refractivity contribution is 5.78. The maximum absolute atomic E-state index is 12.6. The molecule has 80 valence electrons. The van der Waals surface area contributed by atoms with Crippen LogP contribution in [-0.2, 0) is 9.53 Å². The van der Waals surface area contributed by atoms with Gasteiger partial charge in [-0.3, -0.25) is 4.79 Å². The maximum atomic E-state index is 12.6. The monoisotopic (exact) mass is 208 g/mol. The summed E-state index contributed by atoms with van der Waals surface area (Å²) in [6.07, 6.45) is -3.34. The van der Waals surface area contributed by atoms with Gasteiger partial charge in [-0.25, -0.2) is 0 Å². The molecule has 1 aliphatic rings. The fourth-order valence-corrected chi connectivity index (χ4v) is 1.53. The van der Waals surface area contributed by atoms with Crippen molar-refractivity contribution < 1.29 is 22.7 Å². The van der Waals surface area contributed by atoms with Crippen LogP contribution in [0.3, 0.4) is 0 Å².